The molecule has 1 aliphatic rings. The highest BCUT2D eigenvalue weighted by Crippen LogP contribution is 2.54. The van der Waals surface area contributed by atoms with E-state index in [1.807, 2.05) is 12.1 Å². The minimum atomic E-state index is -0.391. The van der Waals surface area contributed by atoms with E-state index in [-0.39, 0.29) is 5.97 Å². The van der Waals surface area contributed by atoms with E-state index in [0.29, 0.717) is 5.92 Å². The topological polar surface area (TPSA) is 39.2 Å². The van der Waals surface area contributed by atoms with Crippen LogP contribution in [0.2, 0.25) is 0 Å². The maximum absolute atomic E-state index is 11.7. The summed E-state index contributed by atoms with van der Waals surface area (Å²) in [6.45, 7) is 2.07. The van der Waals surface area contributed by atoms with Crippen LogP contribution in [0, 0.1) is 5.92 Å². The molecule has 0 saturated heterocycles. The van der Waals surface area contributed by atoms with E-state index in [9.17, 15) is 4.79 Å². The Morgan fingerprint density at radius 1 is 1.57 bits per heavy atom. The molecule has 1 aromatic rings. The van der Waals surface area contributed by atoms with Gasteiger partial charge in [-0.15, -0.1) is 0 Å². The fraction of sp³-hybridized carbons (Fsp3) is 0.455. The second kappa shape index (κ2) is 3.08. The number of rotatable bonds is 2. The Morgan fingerprint density at radius 3 is 2.57 bits per heavy atom. The average Bonchev–Trinajstić information content (AvgIpc) is 2.92. The largest absolute Gasteiger partial charge is 0.468 e. The van der Waals surface area contributed by atoms with Crippen LogP contribution in [0.3, 0.4) is 0 Å². The molecule has 74 valence electrons. The number of nitrogens with zero attached hydrogens (tertiary/aromatic N) is 1. The van der Waals surface area contributed by atoms with Gasteiger partial charge in [0.1, 0.15) is 0 Å². The number of carbonyl (C=O) groups excluding carboxylic acids is 1. The molecule has 2 rings (SSSR count). The molecule has 14 heavy (non-hydrogen) atoms. The average molecular weight is 191 g/mol. The van der Waals surface area contributed by atoms with Crippen molar-refractivity contribution in [3.05, 3.63) is 30.1 Å². The van der Waals surface area contributed by atoms with Crippen LogP contribution in [0.4, 0.5) is 0 Å². The van der Waals surface area contributed by atoms with Gasteiger partial charge >= 0.3 is 5.97 Å². The van der Waals surface area contributed by atoms with Crippen molar-refractivity contribution in [2.75, 3.05) is 7.11 Å². The first-order chi connectivity index (χ1) is 6.71. The molecule has 3 nitrogen and oxygen atoms in total. The Labute approximate surface area is 83.1 Å². The zero-order chi connectivity index (χ0) is 10.2. The first-order valence-corrected chi connectivity index (χ1v) is 4.70. The molecule has 0 aliphatic heterocycles. The number of ether oxygens (including phenoxy) is 1. The van der Waals surface area contributed by atoms with E-state index < -0.39 is 5.41 Å². The van der Waals surface area contributed by atoms with Gasteiger partial charge in [-0.2, -0.15) is 0 Å². The Morgan fingerprint density at radius 2 is 2.14 bits per heavy atom. The predicted octanol–water partition coefficient (Wildman–Crippen LogP) is 1.53. The number of pyridine rings is 1. The fourth-order valence-electron chi connectivity index (χ4n) is 2.06. The standard InChI is InChI=1S/C11H13NO2/c1-8-7-11(8,10(13)14-2)9-3-5-12-6-4-9/h3-6,8H,7H2,1-2H3. The smallest absolute Gasteiger partial charge is 0.316 e. The summed E-state index contributed by atoms with van der Waals surface area (Å²) in [4.78, 5) is 15.6. The van der Waals surface area contributed by atoms with Gasteiger partial charge in [-0.3, -0.25) is 9.78 Å². The van der Waals surface area contributed by atoms with Gasteiger partial charge in [0.15, 0.2) is 0 Å². The molecule has 1 fully saturated rings. The molecule has 1 saturated carbocycles. The number of hydrogen-bond donors (Lipinski definition) is 0. The van der Waals surface area contributed by atoms with Crippen LogP contribution in [0.1, 0.15) is 18.9 Å². The van der Waals surface area contributed by atoms with Crippen LogP contribution >= 0.6 is 0 Å². The summed E-state index contributed by atoms with van der Waals surface area (Å²) in [6, 6.07) is 3.78. The quantitative estimate of drug-likeness (QED) is 0.665. The molecule has 3 heteroatoms. The van der Waals surface area contributed by atoms with Gasteiger partial charge in [0.05, 0.1) is 12.5 Å². The van der Waals surface area contributed by atoms with Gasteiger partial charge in [-0.25, -0.2) is 0 Å². The molecule has 1 heterocycles. The molecule has 0 bridgehead atoms. The lowest BCUT2D eigenvalue weighted by Crippen LogP contribution is -2.23. The lowest BCUT2D eigenvalue weighted by Gasteiger charge is -2.13. The van der Waals surface area contributed by atoms with Crippen molar-refractivity contribution >= 4 is 5.97 Å². The number of carbonyl (C=O) groups is 1. The van der Waals surface area contributed by atoms with Gasteiger partial charge in [0.25, 0.3) is 0 Å². The minimum absolute atomic E-state index is 0.129. The molecule has 2 atom stereocenters. The summed E-state index contributed by atoms with van der Waals surface area (Å²) >= 11 is 0. The summed E-state index contributed by atoms with van der Waals surface area (Å²) in [5.41, 5.74) is 0.629. The third kappa shape index (κ3) is 1.12. The number of aromatic nitrogens is 1. The maximum Gasteiger partial charge on any atom is 0.316 e. The van der Waals surface area contributed by atoms with Crippen molar-refractivity contribution in [2.45, 2.75) is 18.8 Å². The van der Waals surface area contributed by atoms with Crippen LogP contribution in [-0.4, -0.2) is 18.1 Å². The monoisotopic (exact) mass is 191 g/mol. The van der Waals surface area contributed by atoms with Gasteiger partial charge < -0.3 is 4.74 Å². The summed E-state index contributed by atoms with van der Waals surface area (Å²) in [5, 5.41) is 0. The van der Waals surface area contributed by atoms with Gasteiger partial charge in [-0.05, 0) is 30.0 Å². The second-order valence-corrected chi connectivity index (χ2v) is 3.80. The van der Waals surface area contributed by atoms with E-state index in [0.717, 1.165) is 12.0 Å². The molecule has 1 aromatic heterocycles. The first-order valence-electron chi connectivity index (χ1n) is 4.70. The first kappa shape index (κ1) is 9.19. The molecule has 0 N–H and O–H groups in total. The van der Waals surface area contributed by atoms with Gasteiger partial charge in [-0.1, -0.05) is 6.92 Å². The highest BCUT2D eigenvalue weighted by molar-refractivity contribution is 5.87. The molecule has 0 spiro atoms. The van der Waals surface area contributed by atoms with Crippen LogP contribution in [0.25, 0.3) is 0 Å². The fourth-order valence-corrected chi connectivity index (χ4v) is 2.06. The van der Waals surface area contributed by atoms with Crippen LogP contribution in [-0.2, 0) is 14.9 Å². The van der Waals surface area contributed by atoms with Crippen molar-refractivity contribution in [3.8, 4) is 0 Å². The van der Waals surface area contributed by atoms with Crippen molar-refractivity contribution in [3.63, 3.8) is 0 Å². The summed E-state index contributed by atoms with van der Waals surface area (Å²) in [6.07, 6.45) is 4.31. The van der Waals surface area contributed by atoms with E-state index in [2.05, 4.69) is 11.9 Å². The van der Waals surface area contributed by atoms with Crippen LogP contribution in [0.15, 0.2) is 24.5 Å². The third-order valence-electron chi connectivity index (χ3n) is 3.05. The SMILES string of the molecule is COC(=O)C1(c2ccncc2)CC1C. The van der Waals surface area contributed by atoms with E-state index in [1.54, 1.807) is 12.4 Å². The predicted molar refractivity (Wildman–Crippen MR) is 51.7 cm³/mol. The minimum Gasteiger partial charge on any atom is -0.468 e. The lowest BCUT2D eigenvalue weighted by molar-refractivity contribution is -0.144. The highest BCUT2D eigenvalue weighted by atomic mass is 16.5. The Balaban J connectivity index is 2.36. The molecule has 2 unspecified atom stereocenters. The van der Waals surface area contributed by atoms with Gasteiger partial charge in [0.2, 0.25) is 0 Å². The molecule has 0 radical (unpaired) electrons. The number of hydrogen-bond acceptors (Lipinski definition) is 3. The maximum atomic E-state index is 11.7. The zero-order valence-electron chi connectivity index (χ0n) is 8.36. The normalized spacial score (nSPS) is 29.7. The second-order valence-electron chi connectivity index (χ2n) is 3.80. The zero-order valence-corrected chi connectivity index (χ0v) is 8.36. The van der Waals surface area contributed by atoms with Gasteiger partial charge in [0, 0.05) is 12.4 Å². The Hall–Kier alpha value is -1.38. The molecule has 0 aromatic carbocycles. The Kier molecular flexibility index (Phi) is 2.02. The molecular weight excluding hydrogens is 178 g/mol. The van der Waals surface area contributed by atoms with Crippen molar-refractivity contribution in [2.24, 2.45) is 5.92 Å². The van der Waals surface area contributed by atoms with E-state index in [4.69, 9.17) is 4.74 Å². The van der Waals surface area contributed by atoms with Crippen molar-refractivity contribution in [1.29, 1.82) is 0 Å². The number of esters is 1. The third-order valence-corrected chi connectivity index (χ3v) is 3.05. The summed E-state index contributed by atoms with van der Waals surface area (Å²) in [5.74, 6) is 0.244. The molecule has 1 aliphatic carbocycles. The summed E-state index contributed by atoms with van der Waals surface area (Å²) < 4.78 is 4.84. The van der Waals surface area contributed by atoms with E-state index >= 15 is 0 Å². The lowest BCUT2D eigenvalue weighted by atomic mass is 9.95. The Bertz CT molecular complexity index is 350. The molecular formula is C11H13NO2. The molecule has 0 amide bonds. The van der Waals surface area contributed by atoms with Crippen molar-refractivity contribution in [1.82, 2.24) is 4.98 Å². The number of methoxy groups -OCH3 is 1. The van der Waals surface area contributed by atoms with Crippen LogP contribution in [0.5, 0.6) is 0 Å². The highest BCUT2D eigenvalue weighted by Gasteiger charge is 2.59. The van der Waals surface area contributed by atoms with Crippen LogP contribution < -0.4 is 0 Å². The van der Waals surface area contributed by atoms with Crippen molar-refractivity contribution < 1.29 is 9.53 Å². The summed E-state index contributed by atoms with van der Waals surface area (Å²) in [7, 11) is 1.44. The van der Waals surface area contributed by atoms with E-state index in [1.165, 1.54) is 7.11 Å².